The van der Waals surface area contributed by atoms with Crippen LogP contribution in [0.25, 0.3) is 0 Å². The van der Waals surface area contributed by atoms with Crippen LogP contribution < -0.4 is 0 Å². The highest BCUT2D eigenvalue weighted by Crippen LogP contribution is 2.11. The molecule has 0 unspecified atom stereocenters. The van der Waals surface area contributed by atoms with Gasteiger partial charge in [-0.1, -0.05) is 31.2 Å². The van der Waals surface area contributed by atoms with Crippen LogP contribution in [0.3, 0.4) is 0 Å². The van der Waals surface area contributed by atoms with E-state index in [1.165, 1.54) is 11.1 Å². The lowest BCUT2D eigenvalue weighted by molar-refractivity contribution is 1.09. The van der Waals surface area contributed by atoms with Gasteiger partial charge in [0, 0.05) is 11.9 Å². The van der Waals surface area contributed by atoms with E-state index in [1.807, 2.05) is 19.9 Å². The van der Waals surface area contributed by atoms with Crippen LogP contribution in [-0.4, -0.2) is 5.71 Å². The zero-order valence-electron chi connectivity index (χ0n) is 9.09. The summed E-state index contributed by atoms with van der Waals surface area (Å²) in [6, 6.07) is 0. The van der Waals surface area contributed by atoms with Crippen molar-refractivity contribution >= 4 is 5.71 Å². The summed E-state index contributed by atoms with van der Waals surface area (Å²) in [6.07, 6.45) is 6.78. The van der Waals surface area contributed by atoms with Crippen LogP contribution in [0.2, 0.25) is 0 Å². The maximum Gasteiger partial charge on any atom is 0.0443 e. The molecule has 13 heavy (non-hydrogen) atoms. The average molecular weight is 177 g/mol. The molecule has 0 aromatic carbocycles. The summed E-state index contributed by atoms with van der Waals surface area (Å²) >= 11 is 0. The number of nitrogens with zero attached hydrogens (tertiary/aromatic N) is 1. The van der Waals surface area contributed by atoms with Crippen molar-refractivity contribution in [1.29, 1.82) is 0 Å². The Hall–Kier alpha value is -1.11. The highest BCUT2D eigenvalue weighted by Gasteiger charge is 2.00. The highest BCUT2D eigenvalue weighted by molar-refractivity contribution is 6.01. The first-order chi connectivity index (χ1) is 6.17. The van der Waals surface area contributed by atoms with Gasteiger partial charge in [0.25, 0.3) is 0 Å². The van der Waals surface area contributed by atoms with E-state index in [2.05, 4.69) is 31.5 Å². The lowest BCUT2D eigenvalue weighted by atomic mass is 10.0. The zero-order valence-corrected chi connectivity index (χ0v) is 9.09. The molecule has 0 atom stereocenters. The Morgan fingerprint density at radius 3 is 2.38 bits per heavy atom. The van der Waals surface area contributed by atoms with Crippen LogP contribution in [0.5, 0.6) is 0 Å². The predicted molar refractivity (Wildman–Crippen MR) is 61.1 cm³/mol. The van der Waals surface area contributed by atoms with E-state index in [9.17, 15) is 0 Å². The fourth-order valence-electron chi connectivity index (χ4n) is 1.14. The van der Waals surface area contributed by atoms with E-state index in [4.69, 9.17) is 0 Å². The molecule has 1 heteroatoms. The Balaban J connectivity index is 5.03. The van der Waals surface area contributed by atoms with Gasteiger partial charge >= 0.3 is 0 Å². The summed E-state index contributed by atoms with van der Waals surface area (Å²) in [5.41, 5.74) is 3.62. The molecule has 0 rings (SSSR count). The van der Waals surface area contributed by atoms with E-state index >= 15 is 0 Å². The summed E-state index contributed by atoms with van der Waals surface area (Å²) in [6.45, 7) is 11.9. The molecular weight excluding hydrogens is 158 g/mol. The minimum absolute atomic E-state index is 1.03. The number of hydrogen-bond donors (Lipinski definition) is 0. The molecule has 72 valence electrons. The Kier molecular flexibility index (Phi) is 5.86. The Bertz CT molecular complexity index is 254. The van der Waals surface area contributed by atoms with E-state index in [0.717, 1.165) is 12.1 Å². The third kappa shape index (κ3) is 3.88. The normalized spacial score (nSPS) is 14.6. The second-order valence-corrected chi connectivity index (χ2v) is 2.94. The highest BCUT2D eigenvalue weighted by atomic mass is 14.7. The molecule has 0 aliphatic carbocycles. The number of rotatable bonds is 4. The number of allylic oxidation sites excluding steroid dienone is 4. The van der Waals surface area contributed by atoms with E-state index in [-0.39, 0.29) is 0 Å². The predicted octanol–water partition coefficient (Wildman–Crippen LogP) is 3.89. The van der Waals surface area contributed by atoms with Crippen molar-refractivity contribution in [2.24, 2.45) is 4.99 Å². The lowest BCUT2D eigenvalue weighted by Crippen LogP contribution is -1.97. The van der Waals surface area contributed by atoms with Gasteiger partial charge in [0.05, 0.1) is 0 Å². The molecule has 0 aromatic rings. The van der Waals surface area contributed by atoms with E-state index < -0.39 is 0 Å². The summed E-state index contributed by atoms with van der Waals surface area (Å²) in [4.78, 5) is 4.18. The van der Waals surface area contributed by atoms with Gasteiger partial charge in [0.2, 0.25) is 0 Å². The Morgan fingerprint density at radius 2 is 2.00 bits per heavy atom. The second kappa shape index (κ2) is 6.41. The third-order valence-corrected chi connectivity index (χ3v) is 2.00. The van der Waals surface area contributed by atoms with Crippen LogP contribution >= 0.6 is 0 Å². The molecule has 0 aliphatic heterocycles. The van der Waals surface area contributed by atoms with Crippen molar-refractivity contribution in [3.05, 3.63) is 36.1 Å². The monoisotopic (exact) mass is 177 g/mol. The molecule has 0 saturated carbocycles. The summed E-state index contributed by atoms with van der Waals surface area (Å²) in [5.74, 6) is 0. The third-order valence-electron chi connectivity index (χ3n) is 2.00. The molecule has 0 amide bonds. The average Bonchev–Trinajstić information content (AvgIpc) is 2.13. The van der Waals surface area contributed by atoms with Crippen molar-refractivity contribution in [3.63, 3.8) is 0 Å². The van der Waals surface area contributed by atoms with Crippen LogP contribution in [0.4, 0.5) is 0 Å². The van der Waals surface area contributed by atoms with Crippen molar-refractivity contribution in [2.75, 3.05) is 0 Å². The topological polar surface area (TPSA) is 12.4 Å². The summed E-state index contributed by atoms with van der Waals surface area (Å²) in [7, 11) is 0. The van der Waals surface area contributed by atoms with E-state index in [1.54, 1.807) is 6.20 Å². The van der Waals surface area contributed by atoms with Gasteiger partial charge in [-0.2, -0.15) is 0 Å². The standard InChI is InChI=1S/C12H19N/c1-6-9-12(10(4)7-2)11(5)13-8-3/h6,8-9H,3,7H2,1-2,4-5H3/b9-6-,12-10+,13-11?. The molecule has 0 saturated heterocycles. The molecule has 0 heterocycles. The quantitative estimate of drug-likeness (QED) is 0.456. The zero-order chi connectivity index (χ0) is 10.3. The van der Waals surface area contributed by atoms with Gasteiger partial charge in [-0.25, -0.2) is 0 Å². The molecule has 0 N–H and O–H groups in total. The SMILES string of the molecule is C=CN=C(C)C(/C=C\C)=C(\C)CC. The Labute approximate surface area is 81.6 Å². The molecule has 0 aliphatic rings. The first-order valence-electron chi connectivity index (χ1n) is 4.65. The van der Waals surface area contributed by atoms with Crippen molar-refractivity contribution < 1.29 is 0 Å². The van der Waals surface area contributed by atoms with Gasteiger partial charge < -0.3 is 0 Å². The largest absolute Gasteiger partial charge is 0.262 e. The second-order valence-electron chi connectivity index (χ2n) is 2.94. The van der Waals surface area contributed by atoms with Gasteiger partial charge in [-0.3, -0.25) is 4.99 Å². The first kappa shape index (κ1) is 11.9. The molecule has 0 aromatic heterocycles. The molecule has 0 spiro atoms. The number of hydrogen-bond acceptors (Lipinski definition) is 1. The van der Waals surface area contributed by atoms with Crippen molar-refractivity contribution in [2.45, 2.75) is 34.1 Å². The lowest BCUT2D eigenvalue weighted by Gasteiger charge is -2.05. The van der Waals surface area contributed by atoms with Crippen LogP contribution in [-0.2, 0) is 0 Å². The van der Waals surface area contributed by atoms with Gasteiger partial charge in [0.15, 0.2) is 0 Å². The van der Waals surface area contributed by atoms with Crippen LogP contribution in [0.15, 0.2) is 41.1 Å². The van der Waals surface area contributed by atoms with Crippen LogP contribution in [0, 0.1) is 0 Å². The Morgan fingerprint density at radius 1 is 1.38 bits per heavy atom. The minimum Gasteiger partial charge on any atom is -0.262 e. The van der Waals surface area contributed by atoms with Crippen molar-refractivity contribution in [3.8, 4) is 0 Å². The summed E-state index contributed by atoms with van der Waals surface area (Å²) < 4.78 is 0. The van der Waals surface area contributed by atoms with Gasteiger partial charge in [-0.15, -0.1) is 0 Å². The van der Waals surface area contributed by atoms with Crippen molar-refractivity contribution in [1.82, 2.24) is 0 Å². The van der Waals surface area contributed by atoms with E-state index in [0.29, 0.717) is 0 Å². The van der Waals surface area contributed by atoms with Gasteiger partial charge in [0.1, 0.15) is 0 Å². The number of aliphatic imine (C=N–C) groups is 1. The maximum absolute atomic E-state index is 4.18. The molecule has 0 fully saturated rings. The smallest absolute Gasteiger partial charge is 0.0443 e. The molecule has 0 bridgehead atoms. The first-order valence-corrected chi connectivity index (χ1v) is 4.65. The van der Waals surface area contributed by atoms with Gasteiger partial charge in [-0.05, 0) is 32.8 Å². The maximum atomic E-state index is 4.18. The molecule has 1 nitrogen and oxygen atoms in total. The van der Waals surface area contributed by atoms with Crippen LogP contribution in [0.1, 0.15) is 34.1 Å². The molecular formula is C12H19N. The minimum atomic E-state index is 1.03. The fourth-order valence-corrected chi connectivity index (χ4v) is 1.14. The fraction of sp³-hybridized carbons (Fsp3) is 0.417. The molecule has 0 radical (unpaired) electrons. The summed E-state index contributed by atoms with van der Waals surface area (Å²) in [5, 5.41) is 0.